The molecular weight excluding hydrogens is 240 g/mol. The summed E-state index contributed by atoms with van der Waals surface area (Å²) in [6.07, 6.45) is 0. The SMILES string of the molecule is Cc1c(N)cc(Br)c2cc(N)ccc12. The third-order valence-corrected chi connectivity index (χ3v) is 3.08. The molecule has 2 nitrogen and oxygen atoms in total. The first-order valence-corrected chi connectivity index (χ1v) is 5.12. The van der Waals surface area contributed by atoms with Gasteiger partial charge in [-0.25, -0.2) is 0 Å². The molecule has 0 unspecified atom stereocenters. The van der Waals surface area contributed by atoms with E-state index in [2.05, 4.69) is 15.9 Å². The van der Waals surface area contributed by atoms with Gasteiger partial charge in [-0.2, -0.15) is 0 Å². The van der Waals surface area contributed by atoms with Crippen molar-refractivity contribution in [1.29, 1.82) is 0 Å². The number of hydrogen-bond acceptors (Lipinski definition) is 2. The van der Waals surface area contributed by atoms with Gasteiger partial charge in [0, 0.05) is 15.8 Å². The van der Waals surface area contributed by atoms with Gasteiger partial charge in [0.2, 0.25) is 0 Å². The molecule has 14 heavy (non-hydrogen) atoms. The van der Waals surface area contributed by atoms with Gasteiger partial charge in [-0.05, 0) is 41.5 Å². The Labute approximate surface area is 91.0 Å². The number of halogens is 1. The van der Waals surface area contributed by atoms with Crippen LogP contribution in [0.25, 0.3) is 10.8 Å². The van der Waals surface area contributed by atoms with E-state index in [1.54, 1.807) is 0 Å². The molecule has 2 aromatic rings. The molecule has 0 heterocycles. The number of aryl methyl sites for hydroxylation is 1. The second-order valence-electron chi connectivity index (χ2n) is 3.38. The fourth-order valence-corrected chi connectivity index (χ4v) is 2.14. The number of fused-ring (bicyclic) bond motifs is 1. The second-order valence-corrected chi connectivity index (χ2v) is 4.23. The number of nitrogens with two attached hydrogens (primary N) is 2. The maximum atomic E-state index is 5.86. The van der Waals surface area contributed by atoms with Crippen molar-refractivity contribution < 1.29 is 0 Å². The summed E-state index contributed by atoms with van der Waals surface area (Å²) in [6.45, 7) is 2.01. The molecule has 0 aliphatic heterocycles. The first kappa shape index (κ1) is 9.34. The molecule has 72 valence electrons. The highest BCUT2D eigenvalue weighted by atomic mass is 79.9. The Morgan fingerprint density at radius 1 is 1.07 bits per heavy atom. The van der Waals surface area contributed by atoms with Crippen LogP contribution in [0.3, 0.4) is 0 Å². The van der Waals surface area contributed by atoms with E-state index in [9.17, 15) is 0 Å². The summed E-state index contributed by atoms with van der Waals surface area (Å²) >= 11 is 3.48. The lowest BCUT2D eigenvalue weighted by Crippen LogP contribution is -1.92. The van der Waals surface area contributed by atoms with Gasteiger partial charge < -0.3 is 11.5 Å². The molecule has 2 aromatic carbocycles. The maximum Gasteiger partial charge on any atom is 0.0361 e. The van der Waals surface area contributed by atoms with E-state index >= 15 is 0 Å². The summed E-state index contributed by atoms with van der Waals surface area (Å²) in [5.74, 6) is 0. The van der Waals surface area contributed by atoms with Crippen LogP contribution < -0.4 is 11.5 Å². The van der Waals surface area contributed by atoms with E-state index < -0.39 is 0 Å². The van der Waals surface area contributed by atoms with Crippen LogP contribution >= 0.6 is 15.9 Å². The van der Waals surface area contributed by atoms with E-state index in [0.717, 1.165) is 32.2 Å². The molecule has 0 saturated heterocycles. The fraction of sp³-hybridized carbons (Fsp3) is 0.0909. The molecule has 0 fully saturated rings. The molecule has 3 heteroatoms. The third-order valence-electron chi connectivity index (χ3n) is 2.42. The predicted octanol–water partition coefficient (Wildman–Crippen LogP) is 3.08. The number of rotatable bonds is 0. The van der Waals surface area contributed by atoms with Gasteiger partial charge in [0.05, 0.1) is 0 Å². The van der Waals surface area contributed by atoms with E-state index in [-0.39, 0.29) is 0 Å². The number of hydrogen-bond donors (Lipinski definition) is 2. The fourth-order valence-electron chi connectivity index (χ4n) is 1.56. The average Bonchev–Trinajstić information content (AvgIpc) is 2.14. The molecule has 0 aromatic heterocycles. The van der Waals surface area contributed by atoms with E-state index in [0.29, 0.717) is 0 Å². The third kappa shape index (κ3) is 1.34. The Bertz CT molecular complexity index is 506. The highest BCUT2D eigenvalue weighted by Crippen LogP contribution is 2.32. The lowest BCUT2D eigenvalue weighted by Gasteiger charge is -2.08. The van der Waals surface area contributed by atoms with Crippen LogP contribution in [0.5, 0.6) is 0 Å². The molecule has 0 spiro atoms. The van der Waals surface area contributed by atoms with Gasteiger partial charge in [-0.15, -0.1) is 0 Å². The molecule has 0 amide bonds. The molecular formula is C11H11BrN2. The monoisotopic (exact) mass is 250 g/mol. The van der Waals surface area contributed by atoms with Crippen molar-refractivity contribution in [3.63, 3.8) is 0 Å². The molecule has 0 aliphatic carbocycles. The summed E-state index contributed by atoms with van der Waals surface area (Å²) < 4.78 is 0.989. The molecule has 0 bridgehead atoms. The van der Waals surface area contributed by atoms with E-state index in [1.165, 1.54) is 0 Å². The lowest BCUT2D eigenvalue weighted by atomic mass is 10.0. The van der Waals surface area contributed by atoms with Gasteiger partial charge in [-0.1, -0.05) is 22.0 Å². The molecule has 0 aliphatic rings. The number of anilines is 2. The van der Waals surface area contributed by atoms with Crippen LogP contribution in [0.1, 0.15) is 5.56 Å². The van der Waals surface area contributed by atoms with E-state index in [1.807, 2.05) is 31.2 Å². The van der Waals surface area contributed by atoms with Crippen LogP contribution in [0.2, 0.25) is 0 Å². The van der Waals surface area contributed by atoms with Gasteiger partial charge >= 0.3 is 0 Å². The Morgan fingerprint density at radius 3 is 2.50 bits per heavy atom. The lowest BCUT2D eigenvalue weighted by molar-refractivity contribution is 1.51. The summed E-state index contributed by atoms with van der Waals surface area (Å²) in [4.78, 5) is 0. The highest BCUT2D eigenvalue weighted by Gasteiger charge is 2.05. The Morgan fingerprint density at radius 2 is 1.79 bits per heavy atom. The summed E-state index contributed by atoms with van der Waals surface area (Å²) in [5.41, 5.74) is 14.3. The Hall–Kier alpha value is -1.22. The quantitative estimate of drug-likeness (QED) is 0.707. The standard InChI is InChI=1S/C11H11BrN2/c1-6-8-3-2-7(13)4-9(8)10(12)5-11(6)14/h2-5H,13-14H2,1H3. The molecule has 2 rings (SSSR count). The van der Waals surface area contributed by atoms with Crippen molar-refractivity contribution in [3.05, 3.63) is 34.3 Å². The first-order chi connectivity index (χ1) is 6.59. The Kier molecular flexibility index (Phi) is 2.11. The molecule has 0 saturated carbocycles. The van der Waals surface area contributed by atoms with Crippen molar-refractivity contribution in [1.82, 2.24) is 0 Å². The minimum absolute atomic E-state index is 0.766. The normalized spacial score (nSPS) is 10.7. The van der Waals surface area contributed by atoms with Gasteiger partial charge in [0.15, 0.2) is 0 Å². The topological polar surface area (TPSA) is 52.0 Å². The molecule has 4 N–H and O–H groups in total. The summed E-state index contributed by atoms with van der Waals surface area (Å²) in [5, 5.41) is 2.25. The van der Waals surface area contributed by atoms with Crippen molar-refractivity contribution in [2.45, 2.75) is 6.92 Å². The largest absolute Gasteiger partial charge is 0.399 e. The van der Waals surface area contributed by atoms with Crippen molar-refractivity contribution in [2.24, 2.45) is 0 Å². The van der Waals surface area contributed by atoms with Crippen LogP contribution in [0.4, 0.5) is 11.4 Å². The van der Waals surface area contributed by atoms with Crippen LogP contribution in [-0.2, 0) is 0 Å². The zero-order chi connectivity index (χ0) is 10.3. The highest BCUT2D eigenvalue weighted by molar-refractivity contribution is 9.10. The molecule has 0 atom stereocenters. The van der Waals surface area contributed by atoms with Crippen LogP contribution in [0.15, 0.2) is 28.7 Å². The van der Waals surface area contributed by atoms with Gasteiger partial charge in [0.25, 0.3) is 0 Å². The van der Waals surface area contributed by atoms with E-state index in [4.69, 9.17) is 11.5 Å². The number of nitrogen functional groups attached to an aromatic ring is 2. The van der Waals surface area contributed by atoms with Crippen molar-refractivity contribution in [2.75, 3.05) is 11.5 Å². The minimum atomic E-state index is 0.766. The van der Waals surface area contributed by atoms with Crippen LogP contribution in [0, 0.1) is 6.92 Å². The van der Waals surface area contributed by atoms with Gasteiger partial charge in [-0.3, -0.25) is 0 Å². The second kappa shape index (κ2) is 3.17. The van der Waals surface area contributed by atoms with Gasteiger partial charge in [0.1, 0.15) is 0 Å². The first-order valence-electron chi connectivity index (χ1n) is 4.33. The van der Waals surface area contributed by atoms with Crippen molar-refractivity contribution >= 4 is 38.1 Å². The average molecular weight is 251 g/mol. The minimum Gasteiger partial charge on any atom is -0.399 e. The maximum absolute atomic E-state index is 5.86. The summed E-state index contributed by atoms with van der Waals surface area (Å²) in [6, 6.07) is 7.76. The molecule has 0 radical (unpaired) electrons. The number of benzene rings is 2. The van der Waals surface area contributed by atoms with Crippen LogP contribution in [-0.4, -0.2) is 0 Å². The zero-order valence-electron chi connectivity index (χ0n) is 7.84. The Balaban J connectivity index is 2.94. The zero-order valence-corrected chi connectivity index (χ0v) is 9.43. The van der Waals surface area contributed by atoms with Crippen molar-refractivity contribution in [3.8, 4) is 0 Å². The smallest absolute Gasteiger partial charge is 0.0361 e. The summed E-state index contributed by atoms with van der Waals surface area (Å²) in [7, 11) is 0. The predicted molar refractivity (Wildman–Crippen MR) is 65.2 cm³/mol.